The molecule has 1 aromatic rings. The molecule has 7 heteroatoms. The first-order valence-electron chi connectivity index (χ1n) is 5.76. The van der Waals surface area contributed by atoms with Gasteiger partial charge in [-0.3, -0.25) is 9.67 Å². The van der Waals surface area contributed by atoms with E-state index in [1.54, 1.807) is 24.1 Å². The van der Waals surface area contributed by atoms with Crippen molar-refractivity contribution in [2.45, 2.75) is 18.9 Å². The van der Waals surface area contributed by atoms with E-state index in [1.807, 2.05) is 0 Å². The Hall–Kier alpha value is -0.960. The van der Waals surface area contributed by atoms with Crippen molar-refractivity contribution in [3.8, 4) is 0 Å². The lowest BCUT2D eigenvalue weighted by atomic mass is 10.1. The second kappa shape index (κ2) is 5.79. The molecule has 0 spiro atoms. The van der Waals surface area contributed by atoms with Crippen molar-refractivity contribution in [2.75, 3.05) is 6.54 Å². The summed E-state index contributed by atoms with van der Waals surface area (Å²) in [5, 5.41) is 18.0. The maximum atomic E-state index is 10.2. The number of aliphatic hydroxyl groups excluding tert-OH is 1. The van der Waals surface area contributed by atoms with E-state index in [4.69, 9.17) is 5.84 Å². The van der Waals surface area contributed by atoms with Crippen molar-refractivity contribution in [3.05, 3.63) is 15.5 Å². The molecule has 98 valence electrons. The first-order chi connectivity index (χ1) is 8.61. The molecule has 1 aromatic heterocycles. The number of aliphatic imine (C=N–C) groups is 1. The molecular formula is C11H16IN5O. The zero-order valence-corrected chi connectivity index (χ0v) is 12.3. The van der Waals surface area contributed by atoms with Crippen molar-refractivity contribution in [2.24, 2.45) is 28.9 Å². The lowest BCUT2D eigenvalue weighted by Crippen LogP contribution is -2.16. The van der Waals surface area contributed by atoms with Gasteiger partial charge in [-0.25, -0.2) is 0 Å². The molecule has 0 aliphatic heterocycles. The summed E-state index contributed by atoms with van der Waals surface area (Å²) in [5.41, 5.74) is 1.06. The third-order valence-electron chi connectivity index (χ3n) is 2.82. The van der Waals surface area contributed by atoms with E-state index in [0.717, 1.165) is 10.2 Å². The van der Waals surface area contributed by atoms with Crippen molar-refractivity contribution in [1.82, 2.24) is 9.78 Å². The standard InChI is InChI=1S/C11H16IN5O/c1-17-6-8(11(12)16-17)10(18)9(15-13)5-14-4-7-2-3-7/h5-7,10,18H,2-4,13H2,1H3. The van der Waals surface area contributed by atoms with Crippen LogP contribution in [0.15, 0.2) is 16.3 Å². The molecule has 1 saturated carbocycles. The fourth-order valence-electron chi connectivity index (χ4n) is 1.59. The molecule has 6 nitrogen and oxygen atoms in total. The predicted octanol–water partition coefficient (Wildman–Crippen LogP) is 0.854. The van der Waals surface area contributed by atoms with Crippen LogP contribution >= 0.6 is 22.6 Å². The second-order valence-electron chi connectivity index (χ2n) is 4.44. The number of aryl methyl sites for hydroxylation is 1. The molecule has 0 amide bonds. The van der Waals surface area contributed by atoms with Crippen LogP contribution < -0.4 is 5.84 Å². The van der Waals surface area contributed by atoms with E-state index in [9.17, 15) is 5.11 Å². The summed E-state index contributed by atoms with van der Waals surface area (Å²) in [7, 11) is 1.80. The van der Waals surface area contributed by atoms with Gasteiger partial charge < -0.3 is 10.9 Å². The van der Waals surface area contributed by atoms with Gasteiger partial charge in [0.25, 0.3) is 0 Å². The quantitative estimate of drug-likeness (QED) is 0.353. The fourth-order valence-corrected chi connectivity index (χ4v) is 2.37. The molecule has 18 heavy (non-hydrogen) atoms. The molecule has 1 atom stereocenters. The average Bonchev–Trinajstić information content (AvgIpc) is 3.09. The molecule has 0 bridgehead atoms. The Balaban J connectivity index is 2.06. The van der Waals surface area contributed by atoms with Gasteiger partial charge in [-0.1, -0.05) is 0 Å². The van der Waals surface area contributed by atoms with Crippen LogP contribution in [0.2, 0.25) is 0 Å². The Morgan fingerprint density at radius 1 is 1.78 bits per heavy atom. The van der Waals surface area contributed by atoms with Gasteiger partial charge in [0.2, 0.25) is 0 Å². The van der Waals surface area contributed by atoms with Crippen LogP contribution in [-0.4, -0.2) is 33.4 Å². The number of nitrogens with two attached hydrogens (primary N) is 1. The van der Waals surface area contributed by atoms with Crippen molar-refractivity contribution >= 4 is 34.5 Å². The summed E-state index contributed by atoms with van der Waals surface area (Å²) in [6.45, 7) is 0.788. The minimum Gasteiger partial charge on any atom is -0.382 e. The highest BCUT2D eigenvalue weighted by molar-refractivity contribution is 14.1. The largest absolute Gasteiger partial charge is 0.382 e. The smallest absolute Gasteiger partial charge is 0.129 e. The van der Waals surface area contributed by atoms with Gasteiger partial charge in [0, 0.05) is 31.6 Å². The highest BCUT2D eigenvalue weighted by atomic mass is 127. The van der Waals surface area contributed by atoms with Crippen molar-refractivity contribution < 1.29 is 5.11 Å². The van der Waals surface area contributed by atoms with Gasteiger partial charge in [0.05, 0.1) is 0 Å². The second-order valence-corrected chi connectivity index (χ2v) is 5.46. The predicted molar refractivity (Wildman–Crippen MR) is 78.6 cm³/mol. The zero-order chi connectivity index (χ0) is 13.1. The molecule has 0 aromatic carbocycles. The number of rotatable bonds is 5. The van der Waals surface area contributed by atoms with Crippen LogP contribution in [0.25, 0.3) is 0 Å². The molecule has 1 aliphatic rings. The maximum Gasteiger partial charge on any atom is 0.129 e. The summed E-state index contributed by atoms with van der Waals surface area (Å²) >= 11 is 2.07. The fraction of sp³-hybridized carbons (Fsp3) is 0.545. The Labute approximate surface area is 119 Å². The number of hydrazone groups is 1. The van der Waals surface area contributed by atoms with Gasteiger partial charge in [-0.05, 0) is 41.4 Å². The first-order valence-corrected chi connectivity index (χ1v) is 6.84. The highest BCUT2D eigenvalue weighted by Crippen LogP contribution is 2.28. The summed E-state index contributed by atoms with van der Waals surface area (Å²) in [6, 6.07) is 0. The Morgan fingerprint density at radius 3 is 3.00 bits per heavy atom. The number of aromatic nitrogens is 2. The molecule has 1 fully saturated rings. The maximum absolute atomic E-state index is 10.2. The summed E-state index contributed by atoms with van der Waals surface area (Å²) < 4.78 is 2.38. The topological polar surface area (TPSA) is 88.8 Å². The monoisotopic (exact) mass is 361 g/mol. The summed E-state index contributed by atoms with van der Waals surface area (Å²) in [6.07, 6.45) is 4.93. The third-order valence-corrected chi connectivity index (χ3v) is 3.66. The molecule has 1 heterocycles. The number of aliphatic hydroxyl groups is 1. The van der Waals surface area contributed by atoms with Gasteiger partial charge in [0.15, 0.2) is 0 Å². The van der Waals surface area contributed by atoms with Crippen LogP contribution in [0, 0.1) is 9.62 Å². The van der Waals surface area contributed by atoms with Crippen molar-refractivity contribution in [3.63, 3.8) is 0 Å². The molecule has 0 saturated heterocycles. The summed E-state index contributed by atoms with van der Waals surface area (Å²) in [5.74, 6) is 6.01. The summed E-state index contributed by atoms with van der Waals surface area (Å²) in [4.78, 5) is 4.26. The van der Waals surface area contributed by atoms with Gasteiger partial charge in [-0.2, -0.15) is 10.2 Å². The van der Waals surface area contributed by atoms with Gasteiger partial charge in [-0.15, -0.1) is 0 Å². The number of hydrogen-bond acceptors (Lipinski definition) is 5. The minimum atomic E-state index is -0.876. The lowest BCUT2D eigenvalue weighted by Gasteiger charge is -2.07. The lowest BCUT2D eigenvalue weighted by molar-refractivity contribution is 0.248. The van der Waals surface area contributed by atoms with Crippen LogP contribution in [0.5, 0.6) is 0 Å². The molecule has 2 rings (SSSR count). The van der Waals surface area contributed by atoms with Gasteiger partial charge in [0.1, 0.15) is 15.5 Å². The molecule has 1 unspecified atom stereocenters. The van der Waals surface area contributed by atoms with Gasteiger partial charge >= 0.3 is 0 Å². The third kappa shape index (κ3) is 3.29. The van der Waals surface area contributed by atoms with E-state index in [1.165, 1.54) is 12.8 Å². The van der Waals surface area contributed by atoms with Crippen LogP contribution in [0.1, 0.15) is 24.5 Å². The van der Waals surface area contributed by atoms with E-state index in [-0.39, 0.29) is 0 Å². The molecule has 0 radical (unpaired) electrons. The molecule has 3 N–H and O–H groups in total. The van der Waals surface area contributed by atoms with E-state index >= 15 is 0 Å². The minimum absolute atomic E-state index is 0.363. The van der Waals surface area contributed by atoms with Crippen LogP contribution in [0.4, 0.5) is 0 Å². The average molecular weight is 361 g/mol. The van der Waals surface area contributed by atoms with Crippen LogP contribution in [-0.2, 0) is 7.05 Å². The SMILES string of the molecule is Cn1cc(C(O)C(C=NCC2CC2)=NN)c(I)n1. The molecule has 1 aliphatic carbocycles. The van der Waals surface area contributed by atoms with E-state index < -0.39 is 6.10 Å². The number of halogens is 1. The highest BCUT2D eigenvalue weighted by Gasteiger charge is 2.21. The van der Waals surface area contributed by atoms with E-state index in [2.05, 4.69) is 37.8 Å². The Bertz CT molecular complexity index is 478. The van der Waals surface area contributed by atoms with E-state index in [0.29, 0.717) is 17.2 Å². The normalized spacial score (nSPS) is 18.5. The Kier molecular flexibility index (Phi) is 4.33. The zero-order valence-electron chi connectivity index (χ0n) is 10.1. The number of nitrogens with zero attached hydrogens (tertiary/aromatic N) is 4. The number of hydrogen-bond donors (Lipinski definition) is 2. The van der Waals surface area contributed by atoms with Crippen LogP contribution in [0.3, 0.4) is 0 Å². The Morgan fingerprint density at radius 2 is 2.50 bits per heavy atom. The first kappa shape index (κ1) is 13.5. The van der Waals surface area contributed by atoms with Crippen molar-refractivity contribution in [1.29, 1.82) is 0 Å². The molecular weight excluding hydrogens is 345 g/mol.